The molecule has 1 aromatic heterocycles. The van der Waals surface area contributed by atoms with Gasteiger partial charge >= 0.3 is 0 Å². The maximum absolute atomic E-state index is 12.2. The second-order valence-corrected chi connectivity index (χ2v) is 7.72. The molecule has 0 saturated heterocycles. The zero-order chi connectivity index (χ0) is 17.7. The summed E-state index contributed by atoms with van der Waals surface area (Å²) in [6.45, 7) is 9.14. The lowest BCUT2D eigenvalue weighted by Crippen LogP contribution is -2.30. The molecule has 1 heterocycles. The first-order chi connectivity index (χ1) is 11.4. The maximum atomic E-state index is 12.2. The highest BCUT2D eigenvalue weighted by Gasteiger charge is 2.18. The minimum atomic E-state index is -0.668. The van der Waals surface area contributed by atoms with Crippen molar-refractivity contribution >= 4 is 45.7 Å². The van der Waals surface area contributed by atoms with E-state index in [-0.39, 0.29) is 5.91 Å². The number of benzene rings is 1. The summed E-state index contributed by atoms with van der Waals surface area (Å²) < 4.78 is 6.48. The fourth-order valence-electron chi connectivity index (χ4n) is 1.89. The Kier molecular flexibility index (Phi) is 6.65. The summed E-state index contributed by atoms with van der Waals surface area (Å²) in [6, 6.07) is 3.63. The highest BCUT2D eigenvalue weighted by molar-refractivity contribution is 8.01. The molecule has 2 rings (SSSR count). The average molecular weight is 384 g/mol. The monoisotopic (exact) mass is 383 g/mol. The predicted molar refractivity (Wildman–Crippen MR) is 100 cm³/mol. The molecule has 0 radical (unpaired) electrons. The van der Waals surface area contributed by atoms with Crippen molar-refractivity contribution in [2.45, 2.75) is 31.2 Å². The summed E-state index contributed by atoms with van der Waals surface area (Å²) in [5.41, 5.74) is 1.82. The van der Waals surface area contributed by atoms with Crippen molar-refractivity contribution in [1.82, 2.24) is 10.2 Å². The van der Waals surface area contributed by atoms with Gasteiger partial charge in [0.25, 0.3) is 5.91 Å². The molecule has 0 bridgehead atoms. The second kappa shape index (κ2) is 8.50. The highest BCUT2D eigenvalue weighted by Crippen LogP contribution is 2.27. The number of anilines is 1. The number of aromatic nitrogens is 2. The van der Waals surface area contributed by atoms with Gasteiger partial charge in [-0.1, -0.05) is 40.8 Å². The number of hydrogen-bond donors (Lipinski definition) is 1. The number of ether oxygens (including phenoxy) is 1. The van der Waals surface area contributed by atoms with E-state index in [9.17, 15) is 4.79 Å². The molecule has 2 aromatic rings. The summed E-state index contributed by atoms with van der Waals surface area (Å²) >= 11 is 8.97. The van der Waals surface area contributed by atoms with Gasteiger partial charge in [0.15, 0.2) is 10.4 Å². The normalized spacial score (nSPS) is 11.8. The third-order valence-electron chi connectivity index (χ3n) is 3.05. The number of halogens is 1. The summed E-state index contributed by atoms with van der Waals surface area (Å²) in [5, 5.41) is 11.8. The Balaban J connectivity index is 1.97. The largest absolute Gasteiger partial charge is 0.481 e. The average Bonchev–Trinajstić information content (AvgIpc) is 2.97. The highest BCUT2D eigenvalue weighted by atomic mass is 35.5. The third kappa shape index (κ3) is 4.96. The van der Waals surface area contributed by atoms with E-state index in [2.05, 4.69) is 22.1 Å². The molecule has 5 nitrogen and oxygen atoms in total. The fourth-order valence-corrected chi connectivity index (χ4v) is 3.51. The van der Waals surface area contributed by atoms with Crippen molar-refractivity contribution in [2.75, 3.05) is 11.1 Å². The van der Waals surface area contributed by atoms with Crippen LogP contribution in [0.5, 0.6) is 5.75 Å². The van der Waals surface area contributed by atoms with Crippen molar-refractivity contribution in [3.05, 3.63) is 40.9 Å². The lowest BCUT2D eigenvalue weighted by molar-refractivity contribution is -0.122. The number of hydrogen-bond acceptors (Lipinski definition) is 6. The molecular weight excluding hydrogens is 366 g/mol. The minimum Gasteiger partial charge on any atom is -0.481 e. The van der Waals surface area contributed by atoms with E-state index in [1.165, 1.54) is 23.1 Å². The van der Waals surface area contributed by atoms with Crippen LogP contribution in [0, 0.1) is 13.8 Å². The summed E-state index contributed by atoms with van der Waals surface area (Å²) in [6.07, 6.45) is 1.12. The van der Waals surface area contributed by atoms with Crippen molar-refractivity contribution < 1.29 is 9.53 Å². The van der Waals surface area contributed by atoms with Gasteiger partial charge in [-0.05, 0) is 44.0 Å². The SMILES string of the molecule is C=CCSc1nnc(NC(=O)[C@H](C)Oc2cc(C)c(Cl)c(C)c2)s1. The molecule has 0 fully saturated rings. The molecule has 0 aliphatic carbocycles. The first kappa shape index (κ1) is 18.8. The molecule has 0 spiro atoms. The van der Waals surface area contributed by atoms with Crippen molar-refractivity contribution in [2.24, 2.45) is 0 Å². The molecule has 1 amide bonds. The number of carbonyl (C=O) groups is 1. The molecule has 1 N–H and O–H groups in total. The minimum absolute atomic E-state index is 0.281. The molecule has 1 atom stereocenters. The number of nitrogens with one attached hydrogen (secondary N) is 1. The molecule has 0 saturated carbocycles. The lowest BCUT2D eigenvalue weighted by atomic mass is 10.1. The molecule has 0 aliphatic heterocycles. The molecular formula is C16H18ClN3O2S2. The van der Waals surface area contributed by atoms with Gasteiger partial charge in [0.1, 0.15) is 5.75 Å². The van der Waals surface area contributed by atoms with Gasteiger partial charge in [0, 0.05) is 10.8 Å². The van der Waals surface area contributed by atoms with Crippen molar-refractivity contribution in [3.63, 3.8) is 0 Å². The molecule has 24 heavy (non-hydrogen) atoms. The Morgan fingerprint density at radius 1 is 1.46 bits per heavy atom. The van der Waals surface area contributed by atoms with Crippen LogP contribution in [0.25, 0.3) is 0 Å². The Morgan fingerprint density at radius 3 is 2.75 bits per heavy atom. The van der Waals surface area contributed by atoms with E-state index in [1.807, 2.05) is 26.0 Å². The number of carbonyl (C=O) groups excluding carboxylic acids is 1. The predicted octanol–water partition coefficient (Wildman–Crippen LogP) is 4.49. The Hall–Kier alpha value is -1.57. The van der Waals surface area contributed by atoms with Gasteiger partial charge in [-0.25, -0.2) is 0 Å². The molecule has 0 aliphatic rings. The smallest absolute Gasteiger partial charge is 0.266 e. The summed E-state index contributed by atoms with van der Waals surface area (Å²) in [7, 11) is 0. The maximum Gasteiger partial charge on any atom is 0.266 e. The first-order valence-corrected chi connectivity index (χ1v) is 9.40. The topological polar surface area (TPSA) is 64.1 Å². The number of nitrogens with zero attached hydrogens (tertiary/aromatic N) is 2. The van der Waals surface area contributed by atoms with Crippen LogP contribution in [-0.4, -0.2) is 28.0 Å². The van der Waals surface area contributed by atoms with E-state index >= 15 is 0 Å². The number of amides is 1. The quantitative estimate of drug-likeness (QED) is 0.433. The van der Waals surface area contributed by atoms with Gasteiger partial charge in [-0.15, -0.1) is 16.8 Å². The number of thioether (sulfide) groups is 1. The first-order valence-electron chi connectivity index (χ1n) is 7.22. The van der Waals surface area contributed by atoms with Crippen LogP contribution in [0.4, 0.5) is 5.13 Å². The van der Waals surface area contributed by atoms with E-state index in [0.29, 0.717) is 15.9 Å². The number of rotatable bonds is 7. The van der Waals surface area contributed by atoms with Crippen LogP contribution < -0.4 is 10.1 Å². The second-order valence-electron chi connectivity index (χ2n) is 5.09. The fraction of sp³-hybridized carbons (Fsp3) is 0.312. The molecule has 1 aromatic carbocycles. The summed E-state index contributed by atoms with van der Waals surface area (Å²) in [5.74, 6) is 1.07. The lowest BCUT2D eigenvalue weighted by Gasteiger charge is -2.15. The van der Waals surface area contributed by atoms with Crippen LogP contribution >= 0.6 is 34.7 Å². The van der Waals surface area contributed by atoms with E-state index < -0.39 is 6.10 Å². The van der Waals surface area contributed by atoms with E-state index in [0.717, 1.165) is 21.2 Å². The van der Waals surface area contributed by atoms with Crippen molar-refractivity contribution in [3.8, 4) is 5.75 Å². The number of aryl methyl sites for hydroxylation is 2. The van der Waals surface area contributed by atoms with Gasteiger partial charge in [0.05, 0.1) is 0 Å². The van der Waals surface area contributed by atoms with Crippen LogP contribution in [0.3, 0.4) is 0 Å². The Bertz CT molecular complexity index is 726. The van der Waals surface area contributed by atoms with Crippen molar-refractivity contribution in [1.29, 1.82) is 0 Å². The Morgan fingerprint density at radius 2 is 2.12 bits per heavy atom. The summed E-state index contributed by atoms with van der Waals surface area (Å²) in [4.78, 5) is 12.2. The van der Waals surface area contributed by atoms with E-state index in [4.69, 9.17) is 16.3 Å². The van der Waals surface area contributed by atoms with Gasteiger partial charge in [0.2, 0.25) is 5.13 Å². The molecule has 128 valence electrons. The van der Waals surface area contributed by atoms with Crippen LogP contribution in [0.2, 0.25) is 5.02 Å². The zero-order valence-corrected chi connectivity index (χ0v) is 16.0. The Labute approximate surface area is 154 Å². The molecule has 8 heteroatoms. The van der Waals surface area contributed by atoms with Crippen LogP contribution in [0.1, 0.15) is 18.1 Å². The zero-order valence-electron chi connectivity index (χ0n) is 13.6. The van der Waals surface area contributed by atoms with Gasteiger partial charge < -0.3 is 4.74 Å². The van der Waals surface area contributed by atoms with Gasteiger partial charge in [-0.2, -0.15) is 0 Å². The van der Waals surface area contributed by atoms with E-state index in [1.54, 1.807) is 13.0 Å². The third-order valence-corrected chi connectivity index (χ3v) is 5.62. The van der Waals surface area contributed by atoms with Gasteiger partial charge in [-0.3, -0.25) is 10.1 Å². The van der Waals surface area contributed by atoms with Crippen LogP contribution in [0.15, 0.2) is 29.1 Å². The molecule has 0 unspecified atom stereocenters. The van der Waals surface area contributed by atoms with Crippen LogP contribution in [-0.2, 0) is 4.79 Å². The standard InChI is InChI=1S/C16H18ClN3O2S2/c1-5-6-23-16-20-19-15(24-16)18-14(21)11(4)22-12-7-9(2)13(17)10(3)8-12/h5,7-8,11H,1,6H2,2-4H3,(H,18,19,21)/t11-/m0/s1.